The fourth-order valence-corrected chi connectivity index (χ4v) is 1.08. The van der Waals surface area contributed by atoms with Crippen LogP contribution in [0.1, 0.15) is 25.7 Å². The maximum atomic E-state index is 3.16. The number of hydrogen-bond donors (Lipinski definition) is 1. The smallest absolute Gasteiger partial charge is 0 e. The largest absolute Gasteiger partial charge is 0.320 e. The van der Waals surface area contributed by atoms with Gasteiger partial charge < -0.3 is 10.2 Å². The van der Waals surface area contributed by atoms with Crippen LogP contribution in [-0.2, 0) is 22.4 Å². The van der Waals surface area contributed by atoms with Crippen LogP contribution in [0.5, 0.6) is 0 Å². The molecular weight excluding hydrogens is 333 g/mol. The molecule has 0 aromatic carbocycles. The average molecular weight is 355 g/mol. The molecule has 0 fully saturated rings. The maximum Gasteiger partial charge on any atom is 0 e. The van der Waals surface area contributed by atoms with Crippen molar-refractivity contribution in [3.63, 3.8) is 0 Å². The van der Waals surface area contributed by atoms with Gasteiger partial charge in [0.2, 0.25) is 0 Å². The second-order valence-electron chi connectivity index (χ2n) is 3.32. The fraction of sp³-hybridized carbons (Fsp3) is 1.00. The third-order valence-corrected chi connectivity index (χ3v) is 1.78. The zero-order chi connectivity index (χ0) is 8.53. The zero-order valence-corrected chi connectivity index (χ0v) is 10.7. The van der Waals surface area contributed by atoms with E-state index in [4.69, 9.17) is 0 Å². The Hall–Kier alpha value is 0.660. The van der Waals surface area contributed by atoms with Crippen LogP contribution in [0.25, 0.3) is 0 Å². The van der Waals surface area contributed by atoms with Gasteiger partial charge in [-0.25, -0.2) is 0 Å². The van der Waals surface area contributed by atoms with Gasteiger partial charge in [-0.2, -0.15) is 0 Å². The van der Waals surface area contributed by atoms with E-state index in [2.05, 4.69) is 24.3 Å². The number of nitrogens with one attached hydrogen (secondary N) is 1. The average Bonchev–Trinajstić information content (AvgIpc) is 1.96. The topological polar surface area (TPSA) is 15.3 Å². The van der Waals surface area contributed by atoms with Crippen molar-refractivity contribution in [2.75, 3.05) is 34.2 Å². The Morgan fingerprint density at radius 2 is 1.58 bits per heavy atom. The summed E-state index contributed by atoms with van der Waals surface area (Å²) >= 11 is 0. The third kappa shape index (κ3) is 13.3. The minimum atomic E-state index is 0. The van der Waals surface area contributed by atoms with Crippen LogP contribution in [0, 0.1) is 0 Å². The van der Waals surface area contributed by atoms with Gasteiger partial charge in [0.05, 0.1) is 0 Å². The molecule has 0 aromatic heterocycles. The Balaban J connectivity index is 0. The van der Waals surface area contributed by atoms with Crippen LogP contribution in [0.3, 0.4) is 0 Å². The summed E-state index contributed by atoms with van der Waals surface area (Å²) in [6.45, 7) is 2.40. The Bertz CT molecular complexity index is 76.9. The van der Waals surface area contributed by atoms with Crippen molar-refractivity contribution in [3.05, 3.63) is 0 Å². The van der Waals surface area contributed by atoms with E-state index >= 15 is 0 Å². The van der Waals surface area contributed by atoms with Gasteiger partial charge in [-0.1, -0.05) is 12.8 Å². The van der Waals surface area contributed by atoms with Crippen LogP contribution < -0.4 is 5.32 Å². The molecule has 0 unspecified atom stereocenters. The van der Waals surface area contributed by atoms with Crippen molar-refractivity contribution in [2.45, 2.75) is 25.7 Å². The van der Waals surface area contributed by atoms with Gasteiger partial charge in [0.1, 0.15) is 0 Å². The normalized spacial score (nSPS) is 10.0. The van der Waals surface area contributed by atoms with Gasteiger partial charge in [0, 0.05) is 22.4 Å². The molecule has 1 radical (unpaired) electrons. The first-order valence-corrected chi connectivity index (χ1v) is 4.56. The molecule has 0 saturated carbocycles. The van der Waals surface area contributed by atoms with Crippen LogP contribution in [0.15, 0.2) is 0 Å². The Morgan fingerprint density at radius 1 is 1.00 bits per heavy atom. The van der Waals surface area contributed by atoms with Gasteiger partial charge in [-0.15, -0.1) is 0 Å². The van der Waals surface area contributed by atoms with E-state index < -0.39 is 0 Å². The Kier molecular flexibility index (Phi) is 14.7. The van der Waals surface area contributed by atoms with Gasteiger partial charge in [0.25, 0.3) is 0 Å². The first-order valence-electron chi connectivity index (χ1n) is 4.56. The maximum absolute atomic E-state index is 3.16. The molecule has 0 atom stereocenters. The van der Waals surface area contributed by atoms with Crippen molar-refractivity contribution in [2.24, 2.45) is 0 Å². The van der Waals surface area contributed by atoms with Crippen molar-refractivity contribution in [3.8, 4) is 0 Å². The van der Waals surface area contributed by atoms with E-state index in [0.29, 0.717) is 0 Å². The summed E-state index contributed by atoms with van der Waals surface area (Å²) in [6.07, 6.45) is 5.41. The molecule has 0 aliphatic heterocycles. The van der Waals surface area contributed by atoms with Crippen molar-refractivity contribution in [1.29, 1.82) is 0 Å². The molecule has 3 heteroatoms. The van der Waals surface area contributed by atoms with E-state index in [1.54, 1.807) is 0 Å². The molecule has 79 valence electrons. The molecule has 0 bridgehead atoms. The Labute approximate surface area is 92.6 Å². The van der Waals surface area contributed by atoms with Gasteiger partial charge >= 0.3 is 0 Å². The number of rotatable bonds is 7. The second-order valence-corrected chi connectivity index (χ2v) is 3.32. The number of nitrogens with zero attached hydrogens (tertiary/aromatic N) is 1. The molecule has 0 aliphatic carbocycles. The van der Waals surface area contributed by atoms with Crippen molar-refractivity contribution >= 4 is 0 Å². The van der Waals surface area contributed by atoms with E-state index in [1.807, 2.05) is 7.05 Å². The van der Waals surface area contributed by atoms with Crippen LogP contribution in [-0.4, -0.2) is 39.1 Å². The van der Waals surface area contributed by atoms with E-state index in [0.717, 1.165) is 0 Å². The second kappa shape index (κ2) is 11.7. The summed E-state index contributed by atoms with van der Waals surface area (Å²) in [5.74, 6) is 0. The first-order chi connectivity index (χ1) is 5.27. The fourth-order valence-electron chi connectivity index (χ4n) is 1.08. The summed E-state index contributed by atoms with van der Waals surface area (Å²) in [6, 6.07) is 0. The molecular formula is C9H22AuN2. The molecule has 0 saturated heterocycles. The molecule has 0 aliphatic rings. The number of unbranched alkanes of at least 4 members (excludes halogenated alkanes) is 3. The predicted molar refractivity (Wildman–Crippen MR) is 50.9 cm³/mol. The zero-order valence-electron chi connectivity index (χ0n) is 8.49. The van der Waals surface area contributed by atoms with E-state index in [9.17, 15) is 0 Å². The van der Waals surface area contributed by atoms with Gasteiger partial charge in [-0.3, -0.25) is 0 Å². The molecule has 0 amide bonds. The summed E-state index contributed by atoms with van der Waals surface area (Å²) in [5.41, 5.74) is 0. The summed E-state index contributed by atoms with van der Waals surface area (Å²) in [4.78, 5) is 2.25. The van der Waals surface area contributed by atoms with E-state index in [1.165, 1.54) is 38.8 Å². The first kappa shape index (κ1) is 15.1. The van der Waals surface area contributed by atoms with Crippen LogP contribution in [0.4, 0.5) is 0 Å². The van der Waals surface area contributed by atoms with Crippen LogP contribution in [0.2, 0.25) is 0 Å². The molecule has 0 aromatic rings. The summed E-state index contributed by atoms with van der Waals surface area (Å²) < 4.78 is 0. The summed E-state index contributed by atoms with van der Waals surface area (Å²) in [7, 11) is 6.28. The molecule has 2 nitrogen and oxygen atoms in total. The SMILES string of the molecule is CNCCCCCCN(C)C.[Au]. The standard InChI is InChI=1S/C9H22N2.Au/c1-10-8-6-4-5-7-9-11(2)3;/h10H,4-9H2,1-3H3;. The van der Waals surface area contributed by atoms with Crippen molar-refractivity contribution in [1.82, 2.24) is 10.2 Å². The monoisotopic (exact) mass is 355 g/mol. The van der Waals surface area contributed by atoms with Gasteiger partial charge in [-0.05, 0) is 47.1 Å². The Morgan fingerprint density at radius 3 is 2.08 bits per heavy atom. The molecule has 0 rings (SSSR count). The van der Waals surface area contributed by atoms with Crippen molar-refractivity contribution < 1.29 is 22.4 Å². The third-order valence-electron chi connectivity index (χ3n) is 1.78. The minimum absolute atomic E-state index is 0. The summed E-state index contributed by atoms with van der Waals surface area (Å²) in [5, 5.41) is 3.16. The predicted octanol–water partition coefficient (Wildman–Crippen LogP) is 1.33. The molecule has 0 spiro atoms. The van der Waals surface area contributed by atoms with Gasteiger partial charge in [0.15, 0.2) is 0 Å². The molecule has 0 heterocycles. The quantitative estimate of drug-likeness (QED) is 0.548. The van der Waals surface area contributed by atoms with Crippen LogP contribution >= 0.6 is 0 Å². The minimum Gasteiger partial charge on any atom is -0.320 e. The number of hydrogen-bond acceptors (Lipinski definition) is 2. The molecule has 1 N–H and O–H groups in total. The van der Waals surface area contributed by atoms with E-state index in [-0.39, 0.29) is 22.4 Å². The molecule has 12 heavy (non-hydrogen) atoms.